The van der Waals surface area contributed by atoms with Gasteiger partial charge in [0.2, 0.25) is 0 Å². The first-order valence-corrected chi connectivity index (χ1v) is 12.3. The quantitative estimate of drug-likeness (QED) is 0.216. The van der Waals surface area contributed by atoms with Crippen LogP contribution < -0.4 is 14.4 Å². The minimum absolute atomic E-state index is 0.0765. The Kier molecular flexibility index (Phi) is 7.27. The first-order chi connectivity index (χ1) is 17.5. The van der Waals surface area contributed by atoms with Crippen molar-refractivity contribution in [2.24, 2.45) is 0 Å². The second kappa shape index (κ2) is 10.1. The summed E-state index contributed by atoms with van der Waals surface area (Å²) in [6.45, 7) is 6.28. The summed E-state index contributed by atoms with van der Waals surface area (Å²) in [5.41, 5.74) is 2.25. The third kappa shape index (κ3) is 4.91. The van der Waals surface area contributed by atoms with Gasteiger partial charge < -0.3 is 14.6 Å². The van der Waals surface area contributed by atoms with E-state index in [4.69, 9.17) is 32.7 Å². The molecule has 1 aliphatic heterocycles. The largest absolute Gasteiger partial charge is 0.507 e. The van der Waals surface area contributed by atoms with Gasteiger partial charge in [0.15, 0.2) is 5.75 Å². The second-order valence-corrected chi connectivity index (χ2v) is 10.5. The Morgan fingerprint density at radius 3 is 1.95 bits per heavy atom. The SMILES string of the molecule is COc1ccc(C2/C(=C(\O)c3cc(Cl)c(OC)c(Cl)c3)C(=O)C(=O)N2c2ccc(C(C)(C)C)cc2)cc1. The molecule has 1 aliphatic rings. The van der Waals surface area contributed by atoms with Gasteiger partial charge in [-0.05, 0) is 52.9 Å². The summed E-state index contributed by atoms with van der Waals surface area (Å²) in [5, 5.41) is 11.7. The number of hydrogen-bond donors (Lipinski definition) is 1. The molecule has 37 heavy (non-hydrogen) atoms. The standard InChI is InChI=1S/C29H27Cl2NO5/c1-29(2,3)18-8-10-19(11-9-18)32-24(16-6-12-20(36-4)13-7-16)23(26(34)28(32)35)25(33)17-14-21(30)27(37-5)22(31)15-17/h6-15,24,33H,1-5H3/b25-23+. The Bertz CT molecular complexity index is 1370. The van der Waals surface area contributed by atoms with Gasteiger partial charge in [0, 0.05) is 11.3 Å². The Balaban J connectivity index is 1.92. The van der Waals surface area contributed by atoms with Crippen LogP contribution in [0.1, 0.15) is 43.5 Å². The number of carbonyl (C=O) groups is 2. The van der Waals surface area contributed by atoms with Gasteiger partial charge in [0.25, 0.3) is 11.7 Å². The maximum Gasteiger partial charge on any atom is 0.300 e. The molecule has 1 fully saturated rings. The van der Waals surface area contributed by atoms with Crippen LogP contribution in [0.5, 0.6) is 11.5 Å². The average Bonchev–Trinajstić information content (AvgIpc) is 3.13. The zero-order valence-corrected chi connectivity index (χ0v) is 22.6. The Morgan fingerprint density at radius 1 is 0.892 bits per heavy atom. The molecule has 0 radical (unpaired) electrons. The van der Waals surface area contributed by atoms with Gasteiger partial charge in [0.05, 0.1) is 35.9 Å². The van der Waals surface area contributed by atoms with E-state index in [1.165, 1.54) is 24.1 Å². The number of aliphatic hydroxyl groups is 1. The van der Waals surface area contributed by atoms with Crippen LogP contribution in [0, 0.1) is 0 Å². The van der Waals surface area contributed by atoms with Crippen molar-refractivity contribution in [3.8, 4) is 11.5 Å². The highest BCUT2D eigenvalue weighted by molar-refractivity contribution is 6.51. The molecule has 1 heterocycles. The minimum atomic E-state index is -0.897. The van der Waals surface area contributed by atoms with Crippen LogP contribution in [0.3, 0.4) is 0 Å². The van der Waals surface area contributed by atoms with Crippen LogP contribution in [0.15, 0.2) is 66.2 Å². The van der Waals surface area contributed by atoms with Crippen molar-refractivity contribution in [3.63, 3.8) is 0 Å². The lowest BCUT2D eigenvalue weighted by Gasteiger charge is -2.27. The average molecular weight is 540 g/mol. The van der Waals surface area contributed by atoms with Crippen LogP contribution in [0.25, 0.3) is 5.76 Å². The van der Waals surface area contributed by atoms with Crippen molar-refractivity contribution in [3.05, 3.63) is 93.0 Å². The Hall–Kier alpha value is -3.48. The summed E-state index contributed by atoms with van der Waals surface area (Å²) in [6, 6.07) is 16.5. The van der Waals surface area contributed by atoms with Crippen molar-refractivity contribution in [2.45, 2.75) is 32.2 Å². The molecule has 0 aliphatic carbocycles. The fraction of sp³-hybridized carbons (Fsp3) is 0.241. The lowest BCUT2D eigenvalue weighted by atomic mass is 9.87. The number of nitrogens with zero attached hydrogens (tertiary/aromatic N) is 1. The van der Waals surface area contributed by atoms with Gasteiger partial charge in [-0.25, -0.2) is 0 Å². The highest BCUT2D eigenvalue weighted by Gasteiger charge is 2.47. The fourth-order valence-electron chi connectivity index (χ4n) is 4.37. The Labute approximate surface area is 226 Å². The molecule has 192 valence electrons. The molecule has 1 atom stereocenters. The summed E-state index contributed by atoms with van der Waals surface area (Å²) >= 11 is 12.6. The number of ketones is 1. The predicted molar refractivity (Wildman–Crippen MR) is 146 cm³/mol. The summed E-state index contributed by atoms with van der Waals surface area (Å²) in [6.07, 6.45) is 0. The van der Waals surface area contributed by atoms with Crippen molar-refractivity contribution in [1.29, 1.82) is 0 Å². The molecule has 6 nitrogen and oxygen atoms in total. The summed E-state index contributed by atoms with van der Waals surface area (Å²) < 4.78 is 10.5. The van der Waals surface area contributed by atoms with Crippen molar-refractivity contribution >= 4 is 46.3 Å². The summed E-state index contributed by atoms with van der Waals surface area (Å²) in [7, 11) is 2.97. The van der Waals surface area contributed by atoms with E-state index >= 15 is 0 Å². The molecule has 0 spiro atoms. The smallest absolute Gasteiger partial charge is 0.300 e. The van der Waals surface area contributed by atoms with E-state index in [0.717, 1.165) is 5.56 Å². The molecule has 0 saturated carbocycles. The first kappa shape index (κ1) is 26.6. The Morgan fingerprint density at radius 2 is 1.46 bits per heavy atom. The lowest BCUT2D eigenvalue weighted by Crippen LogP contribution is -2.29. The molecule has 4 rings (SSSR count). The predicted octanol–water partition coefficient (Wildman–Crippen LogP) is 6.93. The van der Waals surface area contributed by atoms with Crippen molar-refractivity contribution in [1.82, 2.24) is 0 Å². The number of hydrogen-bond acceptors (Lipinski definition) is 5. The zero-order valence-electron chi connectivity index (χ0n) is 21.1. The number of Topliss-reactive ketones (excluding diaryl/α,β-unsaturated/α-hetero) is 1. The van der Waals surface area contributed by atoms with E-state index in [-0.39, 0.29) is 38.1 Å². The highest BCUT2D eigenvalue weighted by Crippen LogP contribution is 2.44. The molecule has 8 heteroatoms. The highest BCUT2D eigenvalue weighted by atomic mass is 35.5. The fourth-order valence-corrected chi connectivity index (χ4v) is 5.01. The van der Waals surface area contributed by atoms with E-state index in [0.29, 0.717) is 17.0 Å². The molecule has 3 aromatic carbocycles. The molecular weight excluding hydrogens is 513 g/mol. The first-order valence-electron chi connectivity index (χ1n) is 11.6. The number of aliphatic hydroxyl groups excluding tert-OH is 1. The van der Waals surface area contributed by atoms with E-state index < -0.39 is 17.7 Å². The number of rotatable bonds is 5. The van der Waals surface area contributed by atoms with Crippen LogP contribution in [0.4, 0.5) is 5.69 Å². The summed E-state index contributed by atoms with van der Waals surface area (Å²) in [4.78, 5) is 28.2. The maximum atomic E-state index is 13.4. The molecule has 1 saturated heterocycles. The number of anilines is 1. The van der Waals surface area contributed by atoms with Crippen LogP contribution in [-0.4, -0.2) is 31.0 Å². The molecule has 0 aromatic heterocycles. The molecule has 0 bridgehead atoms. The van der Waals surface area contributed by atoms with Gasteiger partial charge in [-0.3, -0.25) is 14.5 Å². The number of amides is 1. The topological polar surface area (TPSA) is 76.1 Å². The molecule has 1 amide bonds. The summed E-state index contributed by atoms with van der Waals surface area (Å²) in [5.74, 6) is -1.10. The molecule has 1 N–H and O–H groups in total. The normalized spacial score (nSPS) is 17.3. The number of halogens is 2. The molecule has 3 aromatic rings. The van der Waals surface area contributed by atoms with Crippen LogP contribution in [-0.2, 0) is 15.0 Å². The van der Waals surface area contributed by atoms with E-state index in [1.807, 2.05) is 24.3 Å². The minimum Gasteiger partial charge on any atom is -0.507 e. The number of carbonyl (C=O) groups excluding carboxylic acids is 2. The molecule has 1 unspecified atom stereocenters. The van der Waals surface area contributed by atoms with Gasteiger partial charge >= 0.3 is 0 Å². The molecular formula is C29H27Cl2NO5. The third-order valence-corrected chi connectivity index (χ3v) is 6.92. The van der Waals surface area contributed by atoms with E-state index in [2.05, 4.69) is 20.8 Å². The van der Waals surface area contributed by atoms with Gasteiger partial charge in [-0.2, -0.15) is 0 Å². The zero-order chi connectivity index (χ0) is 27.1. The number of methoxy groups -OCH3 is 2. The number of benzene rings is 3. The number of ether oxygens (including phenoxy) is 2. The van der Waals surface area contributed by atoms with E-state index in [9.17, 15) is 14.7 Å². The van der Waals surface area contributed by atoms with Crippen molar-refractivity contribution in [2.75, 3.05) is 19.1 Å². The maximum absolute atomic E-state index is 13.4. The van der Waals surface area contributed by atoms with Crippen LogP contribution in [0.2, 0.25) is 10.0 Å². The van der Waals surface area contributed by atoms with Crippen LogP contribution >= 0.6 is 23.2 Å². The lowest BCUT2D eigenvalue weighted by molar-refractivity contribution is -0.132. The van der Waals surface area contributed by atoms with E-state index in [1.54, 1.807) is 31.4 Å². The third-order valence-electron chi connectivity index (χ3n) is 6.36. The monoisotopic (exact) mass is 539 g/mol. The van der Waals surface area contributed by atoms with Crippen molar-refractivity contribution < 1.29 is 24.2 Å². The van der Waals surface area contributed by atoms with Gasteiger partial charge in [-0.1, -0.05) is 68.2 Å². The van der Waals surface area contributed by atoms with Gasteiger partial charge in [-0.15, -0.1) is 0 Å². The van der Waals surface area contributed by atoms with Gasteiger partial charge in [0.1, 0.15) is 11.5 Å². The second-order valence-electron chi connectivity index (χ2n) is 9.71.